The van der Waals surface area contributed by atoms with E-state index in [1.54, 1.807) is 0 Å². The maximum atomic E-state index is 6.05. The Labute approximate surface area is 125 Å². The third kappa shape index (κ3) is 3.05. The van der Waals surface area contributed by atoms with Gasteiger partial charge in [-0.05, 0) is 5.92 Å². The van der Waals surface area contributed by atoms with Crippen molar-refractivity contribution in [2.24, 2.45) is 5.92 Å². The Hall–Kier alpha value is -2.35. The summed E-state index contributed by atoms with van der Waals surface area (Å²) >= 11 is 0. The van der Waals surface area contributed by atoms with Crippen molar-refractivity contribution < 1.29 is 4.42 Å². The molecule has 0 spiro atoms. The number of hydrogen-bond acceptors (Lipinski definition) is 2. The predicted molar refractivity (Wildman–Crippen MR) is 85.9 cm³/mol. The summed E-state index contributed by atoms with van der Waals surface area (Å²) in [6, 6.07) is 20.4. The van der Waals surface area contributed by atoms with Gasteiger partial charge in [0.1, 0.15) is 5.69 Å². The van der Waals surface area contributed by atoms with Crippen molar-refractivity contribution in [1.82, 2.24) is 4.98 Å². The largest absolute Gasteiger partial charge is 0.440 e. The molecular formula is C19H19NO. The van der Waals surface area contributed by atoms with E-state index in [1.807, 2.05) is 36.4 Å². The molecule has 1 heterocycles. The van der Waals surface area contributed by atoms with Crippen LogP contribution in [0.2, 0.25) is 0 Å². The maximum absolute atomic E-state index is 6.05. The molecule has 0 N–H and O–H groups in total. The van der Waals surface area contributed by atoms with Gasteiger partial charge in [0, 0.05) is 17.5 Å². The summed E-state index contributed by atoms with van der Waals surface area (Å²) in [6.07, 6.45) is 0.854. The van der Waals surface area contributed by atoms with Gasteiger partial charge in [-0.2, -0.15) is 0 Å². The Morgan fingerprint density at radius 2 is 1.43 bits per heavy atom. The second kappa shape index (κ2) is 5.96. The first kappa shape index (κ1) is 13.6. The summed E-state index contributed by atoms with van der Waals surface area (Å²) in [5.74, 6) is 2.19. The zero-order valence-electron chi connectivity index (χ0n) is 12.4. The molecule has 0 fully saturated rings. The minimum Gasteiger partial charge on any atom is -0.440 e. The highest BCUT2D eigenvalue weighted by atomic mass is 16.4. The van der Waals surface area contributed by atoms with Crippen LogP contribution in [0.15, 0.2) is 65.1 Å². The molecular weight excluding hydrogens is 258 g/mol. The van der Waals surface area contributed by atoms with Crippen LogP contribution in [0.3, 0.4) is 0 Å². The first-order valence-corrected chi connectivity index (χ1v) is 7.34. The van der Waals surface area contributed by atoms with Crippen molar-refractivity contribution in [3.05, 3.63) is 66.6 Å². The molecule has 0 amide bonds. The van der Waals surface area contributed by atoms with Crippen LogP contribution in [-0.4, -0.2) is 4.98 Å². The molecule has 0 saturated carbocycles. The molecule has 0 bridgehead atoms. The SMILES string of the molecule is CC(C)Cc1nc(-c2ccccc2)c(-c2ccccc2)o1. The van der Waals surface area contributed by atoms with Gasteiger partial charge in [0.15, 0.2) is 11.7 Å². The highest BCUT2D eigenvalue weighted by molar-refractivity contribution is 5.76. The number of rotatable bonds is 4. The van der Waals surface area contributed by atoms with Crippen molar-refractivity contribution in [3.63, 3.8) is 0 Å². The lowest BCUT2D eigenvalue weighted by Crippen LogP contribution is -1.93. The fraction of sp³-hybridized carbons (Fsp3) is 0.211. The second-order valence-electron chi connectivity index (χ2n) is 5.62. The second-order valence-corrected chi connectivity index (χ2v) is 5.62. The van der Waals surface area contributed by atoms with E-state index in [4.69, 9.17) is 9.40 Å². The minimum atomic E-state index is 0.524. The fourth-order valence-corrected chi connectivity index (χ4v) is 2.38. The maximum Gasteiger partial charge on any atom is 0.195 e. The molecule has 0 unspecified atom stereocenters. The van der Waals surface area contributed by atoms with Gasteiger partial charge in [-0.25, -0.2) is 4.98 Å². The van der Waals surface area contributed by atoms with E-state index in [0.29, 0.717) is 5.92 Å². The Kier molecular flexibility index (Phi) is 3.87. The smallest absolute Gasteiger partial charge is 0.195 e. The predicted octanol–water partition coefficient (Wildman–Crippen LogP) is 5.21. The van der Waals surface area contributed by atoms with E-state index in [2.05, 4.69) is 38.1 Å². The van der Waals surface area contributed by atoms with Crippen LogP contribution in [0.1, 0.15) is 19.7 Å². The molecule has 0 atom stereocenters. The van der Waals surface area contributed by atoms with Crippen molar-refractivity contribution >= 4 is 0 Å². The molecule has 2 heteroatoms. The number of nitrogens with zero attached hydrogens (tertiary/aromatic N) is 1. The molecule has 0 aliphatic rings. The molecule has 0 aliphatic heterocycles. The van der Waals surface area contributed by atoms with Crippen LogP contribution >= 0.6 is 0 Å². The fourth-order valence-electron chi connectivity index (χ4n) is 2.38. The van der Waals surface area contributed by atoms with Crippen molar-refractivity contribution in [2.45, 2.75) is 20.3 Å². The van der Waals surface area contributed by atoms with Crippen LogP contribution in [0.4, 0.5) is 0 Å². The number of hydrogen-bond donors (Lipinski definition) is 0. The van der Waals surface area contributed by atoms with Gasteiger partial charge >= 0.3 is 0 Å². The normalized spacial score (nSPS) is 11.0. The molecule has 21 heavy (non-hydrogen) atoms. The number of benzene rings is 2. The summed E-state index contributed by atoms with van der Waals surface area (Å²) in [7, 11) is 0. The first-order valence-electron chi connectivity index (χ1n) is 7.34. The third-order valence-corrected chi connectivity index (χ3v) is 3.34. The van der Waals surface area contributed by atoms with E-state index < -0.39 is 0 Å². The Balaban J connectivity index is 2.11. The zero-order chi connectivity index (χ0) is 14.7. The topological polar surface area (TPSA) is 26.0 Å². The van der Waals surface area contributed by atoms with Crippen LogP contribution in [0.25, 0.3) is 22.6 Å². The summed E-state index contributed by atoms with van der Waals surface area (Å²) in [6.45, 7) is 4.35. The molecule has 0 radical (unpaired) electrons. The van der Waals surface area contributed by atoms with Gasteiger partial charge < -0.3 is 4.42 Å². The summed E-state index contributed by atoms with van der Waals surface area (Å²) in [4.78, 5) is 4.73. The Bertz CT molecular complexity index is 642. The lowest BCUT2D eigenvalue weighted by molar-refractivity contribution is 0.466. The average molecular weight is 277 g/mol. The molecule has 3 aromatic rings. The van der Waals surface area contributed by atoms with Gasteiger partial charge in [-0.15, -0.1) is 0 Å². The summed E-state index contributed by atoms with van der Waals surface area (Å²) < 4.78 is 6.05. The Morgan fingerprint density at radius 3 is 2.00 bits per heavy atom. The van der Waals surface area contributed by atoms with E-state index in [0.717, 1.165) is 34.9 Å². The van der Waals surface area contributed by atoms with Crippen molar-refractivity contribution in [2.75, 3.05) is 0 Å². The molecule has 106 valence electrons. The molecule has 2 nitrogen and oxygen atoms in total. The average Bonchev–Trinajstić information content (AvgIpc) is 2.92. The summed E-state index contributed by atoms with van der Waals surface area (Å²) in [5, 5.41) is 0. The molecule has 0 saturated heterocycles. The van der Waals surface area contributed by atoms with Gasteiger partial charge in [0.05, 0.1) is 0 Å². The van der Waals surface area contributed by atoms with Crippen LogP contribution < -0.4 is 0 Å². The van der Waals surface area contributed by atoms with Gasteiger partial charge in [0.25, 0.3) is 0 Å². The molecule has 2 aromatic carbocycles. The quantitative estimate of drug-likeness (QED) is 0.654. The van der Waals surface area contributed by atoms with Gasteiger partial charge in [-0.3, -0.25) is 0 Å². The molecule has 3 rings (SSSR count). The highest BCUT2D eigenvalue weighted by Crippen LogP contribution is 2.33. The number of oxazole rings is 1. The standard InChI is InChI=1S/C19H19NO/c1-14(2)13-17-20-18(15-9-5-3-6-10-15)19(21-17)16-11-7-4-8-12-16/h3-12,14H,13H2,1-2H3. The minimum absolute atomic E-state index is 0.524. The third-order valence-electron chi connectivity index (χ3n) is 3.34. The lowest BCUT2D eigenvalue weighted by Gasteiger charge is -2.01. The van der Waals surface area contributed by atoms with Gasteiger partial charge in [-0.1, -0.05) is 74.5 Å². The first-order chi connectivity index (χ1) is 10.2. The van der Waals surface area contributed by atoms with Crippen molar-refractivity contribution in [3.8, 4) is 22.6 Å². The van der Waals surface area contributed by atoms with E-state index in [9.17, 15) is 0 Å². The number of aromatic nitrogens is 1. The van der Waals surface area contributed by atoms with Crippen LogP contribution in [0.5, 0.6) is 0 Å². The van der Waals surface area contributed by atoms with Crippen molar-refractivity contribution in [1.29, 1.82) is 0 Å². The van der Waals surface area contributed by atoms with Crippen LogP contribution in [-0.2, 0) is 6.42 Å². The Morgan fingerprint density at radius 1 is 0.857 bits per heavy atom. The van der Waals surface area contributed by atoms with E-state index in [-0.39, 0.29) is 0 Å². The van der Waals surface area contributed by atoms with E-state index >= 15 is 0 Å². The van der Waals surface area contributed by atoms with Gasteiger partial charge in [0.2, 0.25) is 0 Å². The zero-order valence-corrected chi connectivity index (χ0v) is 12.4. The monoisotopic (exact) mass is 277 g/mol. The summed E-state index contributed by atoms with van der Waals surface area (Å²) in [5.41, 5.74) is 3.09. The highest BCUT2D eigenvalue weighted by Gasteiger charge is 2.17. The van der Waals surface area contributed by atoms with Crippen LogP contribution in [0, 0.1) is 5.92 Å². The molecule has 0 aliphatic carbocycles. The molecule has 1 aromatic heterocycles. The van der Waals surface area contributed by atoms with E-state index in [1.165, 1.54) is 0 Å². The lowest BCUT2D eigenvalue weighted by atomic mass is 10.1.